The molecule has 0 aromatic heterocycles. The third kappa shape index (κ3) is 18.4. The van der Waals surface area contributed by atoms with Crippen molar-refractivity contribution < 1.29 is 122 Å². The Balaban J connectivity index is 1.03. The summed E-state index contributed by atoms with van der Waals surface area (Å²) in [5, 5.41) is 115. The molecule has 3 fully saturated rings. The summed E-state index contributed by atoms with van der Waals surface area (Å²) in [7, 11) is 1.25. The fraction of sp³-hybridized carbons (Fsp3) is 0.615. The molecule has 2 aromatic carbocycles. The Labute approximate surface area is 567 Å². The lowest BCUT2D eigenvalue weighted by Gasteiger charge is -2.43. The zero-order chi connectivity index (χ0) is 73.1. The van der Waals surface area contributed by atoms with E-state index in [2.05, 4.69) is 37.2 Å². The van der Waals surface area contributed by atoms with Crippen LogP contribution in [0.4, 0.5) is 0 Å². The summed E-state index contributed by atoms with van der Waals surface area (Å²) in [6.45, 7) is 2.46. The van der Waals surface area contributed by atoms with Crippen molar-refractivity contribution in [3.8, 4) is 17.2 Å². The number of aromatic hydroxyl groups is 2. The maximum absolute atomic E-state index is 14.4. The number of methoxy groups -OCH3 is 1. The molecule has 7 rings (SSSR count). The van der Waals surface area contributed by atoms with E-state index in [-0.39, 0.29) is 72.6 Å². The molecule has 34 nitrogen and oxygen atoms in total. The van der Waals surface area contributed by atoms with Gasteiger partial charge in [-0.3, -0.25) is 62.3 Å². The van der Waals surface area contributed by atoms with Gasteiger partial charge in [-0.1, -0.05) is 45.2 Å². The summed E-state index contributed by atoms with van der Waals surface area (Å²) in [6, 6.07) is -8.06. The Kier molecular flexibility index (Phi) is 26.5. The average Bonchev–Trinajstić information content (AvgIpc) is 1.09. The quantitative estimate of drug-likeness (QED) is 0.0275. The van der Waals surface area contributed by atoms with Crippen molar-refractivity contribution in [3.63, 3.8) is 0 Å². The Hall–Kier alpha value is -8.77. The predicted octanol–water partition coefficient (Wildman–Crippen LogP) is -3.82. The minimum Gasteiger partial charge on any atom is -0.507 e. The highest BCUT2D eigenvalue weighted by molar-refractivity contribution is 6.31. The van der Waals surface area contributed by atoms with Crippen LogP contribution in [0, 0.1) is 11.8 Å². The van der Waals surface area contributed by atoms with E-state index in [4.69, 9.17) is 25.1 Å². The van der Waals surface area contributed by atoms with Gasteiger partial charge >= 0.3 is 5.97 Å². The van der Waals surface area contributed by atoms with Crippen LogP contribution in [0.1, 0.15) is 167 Å². The van der Waals surface area contributed by atoms with Crippen molar-refractivity contribution in [1.29, 1.82) is 0 Å². The third-order valence-electron chi connectivity index (χ3n) is 18.5. The van der Waals surface area contributed by atoms with Gasteiger partial charge in [0.05, 0.1) is 61.4 Å². The smallest absolute Gasteiger partial charge is 0.303 e. The van der Waals surface area contributed by atoms with E-state index in [0.29, 0.717) is 25.7 Å². The Morgan fingerprint density at radius 1 is 0.737 bits per heavy atom. The molecule has 9 amide bonds. The van der Waals surface area contributed by atoms with Crippen molar-refractivity contribution in [3.05, 3.63) is 51.6 Å². The number of carboxylic acids is 1. The van der Waals surface area contributed by atoms with E-state index < -0.39 is 242 Å². The first-order valence-electron chi connectivity index (χ1n) is 32.8. The van der Waals surface area contributed by atoms with Crippen molar-refractivity contribution in [2.24, 2.45) is 17.6 Å². The number of hydrogen-bond donors (Lipinski definition) is 17. The van der Waals surface area contributed by atoms with Crippen LogP contribution in [0.5, 0.6) is 17.2 Å². The number of nitrogens with one attached hydrogen (secondary N) is 7. The molecule has 0 spiro atoms. The summed E-state index contributed by atoms with van der Waals surface area (Å²) in [5.41, 5.74) is 0.557. The maximum Gasteiger partial charge on any atom is 0.303 e. The lowest BCUT2D eigenvalue weighted by atomic mass is 9.72. The number of fused-ring (bicyclic) bond motifs is 3. The van der Waals surface area contributed by atoms with Gasteiger partial charge in [-0.2, -0.15) is 0 Å². The minimum atomic E-state index is -2.51. The van der Waals surface area contributed by atoms with Crippen molar-refractivity contribution in [1.82, 2.24) is 42.1 Å². The molecule has 1 saturated carbocycles. The number of aliphatic hydroxyl groups excluding tert-OH is 5. The first kappa shape index (κ1) is 77.6. The number of rotatable bonds is 31. The zero-order valence-electron chi connectivity index (χ0n) is 55.4. The largest absolute Gasteiger partial charge is 0.507 e. The number of phenols is 2. The number of likely N-dealkylation sites (tertiary alicyclic amines) is 1. The molecule has 18 N–H and O–H groups in total. The van der Waals surface area contributed by atoms with Crippen LogP contribution in [-0.2, 0) is 68.6 Å². The molecule has 2 saturated heterocycles. The molecule has 2 aromatic rings. The highest BCUT2D eigenvalue weighted by atomic mass is 16.7. The van der Waals surface area contributed by atoms with Gasteiger partial charge in [0.15, 0.2) is 17.9 Å². The van der Waals surface area contributed by atoms with Crippen LogP contribution in [0.25, 0.3) is 0 Å². The number of β-amino-alcohol motifs (C(OH)–C–C–N with tert-alkyl or cyclic N) is 1. The van der Waals surface area contributed by atoms with Gasteiger partial charge < -0.3 is 108 Å². The van der Waals surface area contributed by atoms with Crippen LogP contribution in [0.3, 0.4) is 0 Å². The minimum absolute atomic E-state index is 0.0279. The Morgan fingerprint density at radius 3 is 1.97 bits per heavy atom. The predicted molar refractivity (Wildman–Crippen MR) is 339 cm³/mol. The SMILES string of the molecule is COc1cccc2c1C(=O)c1c(O)c3c(c(O)c1C2=O)C[C@@](O)(C(=O)CO)CC3OC1CC(NC(=O)C(CC(C)C)NC(=O)C(CO)NC(=O)C(CCC(N)=O)NC(=O)C(NC(=O)C(CO)NC(=O)C(C)NC(=O)C2CC(O)CN2C(=O)CCCC(=O)O)C2CCCCC2)C(O)C(C)O1. The van der Waals surface area contributed by atoms with E-state index in [9.17, 15) is 103 Å². The molecule has 544 valence electrons. The van der Waals surface area contributed by atoms with Crippen LogP contribution in [-0.4, -0.2) is 239 Å². The number of benzene rings is 2. The molecule has 14 atom stereocenters. The second-order valence-electron chi connectivity index (χ2n) is 26.2. The summed E-state index contributed by atoms with van der Waals surface area (Å²) in [4.78, 5) is 176. The second kappa shape index (κ2) is 33.9. The standard InChI is InChI=1S/C65H89N9O25/c1-28(2)19-37(60(91)69-36-21-47(98-30(4)53(36)84)99-42-23-65(96,43(79)27-77)22-34-49(42)57(88)51-50(55(34)86)54(85)33-13-9-14-41(97-5)48(33)56(51)87)70-61(92)38(25-75)72-59(90)35(17-18-44(66)80)68-64(95)52(31-11-7-6-8-12-31)73-62(93)39(26-76)71-58(89)29(3)67-63(94)40-20-32(78)24-74(40)45(81)15-10-16-46(82)83/h9,13-14,28-32,35-40,42,47,52-53,75-78,84,86,88,96H,6-8,10-12,15-27H2,1-5H3,(H2,66,80)(H,67,94)(H,68,95)(H,69,91)(H,70,92)(H,71,89)(H,72,90)(H,73,93)(H,82,83)/t29?,30?,32?,35?,36?,37?,38?,39?,40?,42?,47?,52?,53?,65-/m0/s1. The number of carbonyl (C=O) groups is 13. The summed E-state index contributed by atoms with van der Waals surface area (Å²) >= 11 is 0. The lowest BCUT2D eigenvalue weighted by Crippen LogP contribution is -2.62. The number of carboxylic acid groups (broad SMARTS) is 1. The number of nitrogens with zero attached hydrogens (tertiary/aromatic N) is 1. The van der Waals surface area contributed by atoms with Gasteiger partial charge in [0.2, 0.25) is 58.9 Å². The molecule has 5 aliphatic rings. The van der Waals surface area contributed by atoms with Gasteiger partial charge in [-0.05, 0) is 63.9 Å². The first-order chi connectivity index (χ1) is 46.8. The topological polar surface area (TPSA) is 545 Å². The van der Waals surface area contributed by atoms with Gasteiger partial charge in [0.25, 0.3) is 0 Å². The van der Waals surface area contributed by atoms with E-state index in [0.717, 1.165) is 11.3 Å². The van der Waals surface area contributed by atoms with Gasteiger partial charge in [-0.25, -0.2) is 0 Å². The number of carbonyl (C=O) groups excluding carboxylic acids is 12. The summed E-state index contributed by atoms with van der Waals surface area (Å²) in [5.74, 6) is -15.4. The number of phenolic OH excluding ortho intramolecular Hbond substituents is 2. The number of hydrogen-bond acceptors (Lipinski definition) is 24. The highest BCUT2D eigenvalue weighted by Gasteiger charge is 2.51. The molecule has 2 aliphatic heterocycles. The van der Waals surface area contributed by atoms with Crippen molar-refractivity contribution in [2.45, 2.75) is 209 Å². The Morgan fingerprint density at radius 2 is 1.35 bits per heavy atom. The molecular formula is C65H89N9O25. The van der Waals surface area contributed by atoms with E-state index in [1.54, 1.807) is 13.8 Å². The fourth-order valence-electron chi connectivity index (χ4n) is 13.3. The second-order valence-corrected chi connectivity index (χ2v) is 26.2. The van der Waals surface area contributed by atoms with Crippen LogP contribution in [0.2, 0.25) is 0 Å². The molecule has 99 heavy (non-hydrogen) atoms. The third-order valence-corrected chi connectivity index (χ3v) is 18.5. The average molecular weight is 1400 g/mol. The van der Waals surface area contributed by atoms with Gasteiger partial charge in [-0.15, -0.1) is 0 Å². The van der Waals surface area contributed by atoms with Crippen LogP contribution in [0.15, 0.2) is 18.2 Å². The molecule has 13 unspecified atom stereocenters. The molecule has 0 radical (unpaired) electrons. The van der Waals surface area contributed by atoms with E-state index >= 15 is 0 Å². The number of aliphatic hydroxyl groups is 6. The number of aliphatic carboxylic acids is 1. The van der Waals surface area contributed by atoms with Crippen LogP contribution >= 0.6 is 0 Å². The number of ether oxygens (including phenoxy) is 3. The molecule has 2 heterocycles. The molecular weight excluding hydrogens is 1310 g/mol. The monoisotopic (exact) mass is 1400 g/mol. The number of Topliss-reactive ketones (excluding diaryl/α,β-unsaturated/α-hetero) is 1. The van der Waals surface area contributed by atoms with Gasteiger partial charge in [0.1, 0.15) is 77.9 Å². The summed E-state index contributed by atoms with van der Waals surface area (Å²) < 4.78 is 17.7. The van der Waals surface area contributed by atoms with Gasteiger partial charge in [0, 0.05) is 68.2 Å². The van der Waals surface area contributed by atoms with Crippen molar-refractivity contribution in [2.75, 3.05) is 33.5 Å². The molecule has 3 aliphatic carbocycles. The van der Waals surface area contributed by atoms with Crippen molar-refractivity contribution >= 4 is 76.5 Å². The van der Waals surface area contributed by atoms with E-state index in [1.165, 1.54) is 39.2 Å². The normalized spacial score (nSPS) is 23.8. The number of primary amides is 1. The number of ketones is 3. The number of amides is 9. The summed E-state index contributed by atoms with van der Waals surface area (Å²) in [6.07, 6.45) is -8.07. The highest BCUT2D eigenvalue weighted by Crippen LogP contribution is 2.53. The zero-order valence-corrected chi connectivity index (χ0v) is 55.4. The lowest BCUT2D eigenvalue weighted by molar-refractivity contribution is -0.249. The first-order valence-corrected chi connectivity index (χ1v) is 32.8. The fourth-order valence-corrected chi connectivity index (χ4v) is 13.3. The number of nitrogens with two attached hydrogens (primary N) is 1. The maximum atomic E-state index is 14.4. The molecule has 34 heteroatoms. The van der Waals surface area contributed by atoms with E-state index in [1.807, 2.05) is 0 Å². The van der Waals surface area contributed by atoms with Crippen LogP contribution < -0.4 is 47.7 Å². The Bertz CT molecular complexity index is 3430. The molecule has 0 bridgehead atoms.